The first-order chi connectivity index (χ1) is 9.63. The fraction of sp³-hybridized carbons (Fsp3) is 1.00. The van der Waals surface area contributed by atoms with Gasteiger partial charge >= 0.3 is 0 Å². The highest BCUT2D eigenvalue weighted by Gasteiger charge is 2.54. The molecular weight excluding hydrogens is 332 g/mol. The van der Waals surface area contributed by atoms with Gasteiger partial charge in [-0.25, -0.2) is 16.8 Å². The van der Waals surface area contributed by atoms with E-state index in [1.165, 1.54) is 12.5 Å². The van der Waals surface area contributed by atoms with Gasteiger partial charge in [0.15, 0.2) is 19.7 Å². The highest BCUT2D eigenvalue weighted by molar-refractivity contribution is 8.00. The second-order valence-electron chi connectivity index (χ2n) is 6.07. The first-order valence-corrected chi connectivity index (χ1v) is 12.1. The molecule has 1 aliphatic carbocycles. The SMILES string of the molecule is CS(=O)(=O)C1CSCCN1C1(CN)CCCC1S(C)(=O)=O. The summed E-state index contributed by atoms with van der Waals surface area (Å²) >= 11 is 1.60. The van der Waals surface area contributed by atoms with Crippen LogP contribution in [0.1, 0.15) is 19.3 Å². The Bertz CT molecular complexity index is 590. The molecule has 0 aromatic heterocycles. The van der Waals surface area contributed by atoms with Crippen molar-refractivity contribution in [3.63, 3.8) is 0 Å². The summed E-state index contributed by atoms with van der Waals surface area (Å²) in [5.74, 6) is 1.29. The third kappa shape index (κ3) is 3.26. The first kappa shape index (κ1) is 17.5. The summed E-state index contributed by atoms with van der Waals surface area (Å²) in [7, 11) is -6.54. The van der Waals surface area contributed by atoms with Gasteiger partial charge in [-0.2, -0.15) is 11.8 Å². The summed E-state index contributed by atoms with van der Waals surface area (Å²) in [5.41, 5.74) is 5.25. The van der Waals surface area contributed by atoms with Crippen molar-refractivity contribution < 1.29 is 16.8 Å². The van der Waals surface area contributed by atoms with Crippen LogP contribution in [0, 0.1) is 0 Å². The van der Waals surface area contributed by atoms with E-state index in [4.69, 9.17) is 5.73 Å². The van der Waals surface area contributed by atoms with Gasteiger partial charge in [-0.15, -0.1) is 0 Å². The van der Waals surface area contributed by atoms with E-state index in [1.54, 1.807) is 11.8 Å². The molecule has 2 fully saturated rings. The number of hydrogen-bond acceptors (Lipinski definition) is 7. The molecule has 124 valence electrons. The minimum Gasteiger partial charge on any atom is -0.329 e. The average molecular weight is 357 g/mol. The van der Waals surface area contributed by atoms with Gasteiger partial charge in [0.2, 0.25) is 0 Å². The molecule has 6 nitrogen and oxygen atoms in total. The number of hydrogen-bond donors (Lipinski definition) is 1. The molecule has 0 spiro atoms. The Kier molecular flexibility index (Phi) is 5.00. The maximum absolute atomic E-state index is 12.2. The molecule has 0 amide bonds. The second kappa shape index (κ2) is 5.99. The maximum atomic E-state index is 12.2. The molecule has 21 heavy (non-hydrogen) atoms. The summed E-state index contributed by atoms with van der Waals surface area (Å²) < 4.78 is 48.6. The largest absolute Gasteiger partial charge is 0.329 e. The molecule has 1 saturated heterocycles. The monoisotopic (exact) mass is 356 g/mol. The van der Waals surface area contributed by atoms with E-state index in [9.17, 15) is 16.8 Å². The van der Waals surface area contributed by atoms with Gasteiger partial charge < -0.3 is 5.73 Å². The summed E-state index contributed by atoms with van der Waals surface area (Å²) in [5, 5.41) is -1.20. The van der Waals surface area contributed by atoms with Crippen molar-refractivity contribution in [2.45, 2.75) is 35.4 Å². The summed E-state index contributed by atoms with van der Waals surface area (Å²) in [6.07, 6.45) is 4.45. The molecule has 3 atom stereocenters. The van der Waals surface area contributed by atoms with Crippen LogP contribution in [-0.2, 0) is 19.7 Å². The zero-order valence-corrected chi connectivity index (χ0v) is 14.9. The van der Waals surface area contributed by atoms with E-state index in [0.717, 1.165) is 12.2 Å². The molecular formula is C12H24N2O4S3. The number of nitrogens with two attached hydrogens (primary N) is 1. The smallest absolute Gasteiger partial charge is 0.164 e. The molecule has 1 heterocycles. The van der Waals surface area contributed by atoms with E-state index in [2.05, 4.69) is 0 Å². The van der Waals surface area contributed by atoms with E-state index >= 15 is 0 Å². The molecule has 0 aromatic rings. The Morgan fingerprint density at radius 1 is 1.24 bits per heavy atom. The number of thioether (sulfide) groups is 1. The molecule has 3 unspecified atom stereocenters. The third-order valence-corrected chi connectivity index (χ3v) is 9.05. The Labute approximate surface area is 131 Å². The van der Waals surface area contributed by atoms with Crippen LogP contribution in [0.3, 0.4) is 0 Å². The molecule has 1 saturated carbocycles. The summed E-state index contributed by atoms with van der Waals surface area (Å²) in [6, 6.07) is 0. The van der Waals surface area contributed by atoms with Gasteiger partial charge in [0.05, 0.1) is 10.8 Å². The Morgan fingerprint density at radius 2 is 1.90 bits per heavy atom. The van der Waals surface area contributed by atoms with Gasteiger partial charge in [0.1, 0.15) is 5.37 Å². The predicted molar refractivity (Wildman–Crippen MR) is 86.9 cm³/mol. The molecule has 1 aliphatic heterocycles. The molecule has 0 radical (unpaired) electrons. The highest BCUT2D eigenvalue weighted by atomic mass is 32.2. The Hall–Kier alpha value is 0.170. The molecule has 0 bridgehead atoms. The second-order valence-corrected chi connectivity index (χ2v) is 11.7. The molecule has 0 aromatic carbocycles. The van der Waals surface area contributed by atoms with E-state index in [1.807, 2.05) is 4.90 Å². The van der Waals surface area contributed by atoms with Gasteiger partial charge in [-0.1, -0.05) is 6.42 Å². The lowest BCUT2D eigenvalue weighted by atomic mass is 9.94. The van der Waals surface area contributed by atoms with Gasteiger partial charge in [-0.05, 0) is 12.8 Å². The van der Waals surface area contributed by atoms with Crippen LogP contribution in [0.2, 0.25) is 0 Å². The van der Waals surface area contributed by atoms with Crippen LogP contribution in [0.25, 0.3) is 0 Å². The van der Waals surface area contributed by atoms with Crippen LogP contribution < -0.4 is 5.73 Å². The highest BCUT2D eigenvalue weighted by Crippen LogP contribution is 2.42. The lowest BCUT2D eigenvalue weighted by Gasteiger charge is -2.49. The Morgan fingerprint density at radius 3 is 2.43 bits per heavy atom. The number of rotatable bonds is 4. The zero-order chi connectivity index (χ0) is 15.9. The number of nitrogens with zero attached hydrogens (tertiary/aromatic N) is 1. The van der Waals surface area contributed by atoms with E-state index in [-0.39, 0.29) is 6.54 Å². The fourth-order valence-corrected chi connectivity index (χ4v) is 8.43. The van der Waals surface area contributed by atoms with Gasteiger partial charge in [0, 0.05) is 37.1 Å². The maximum Gasteiger partial charge on any atom is 0.164 e. The van der Waals surface area contributed by atoms with Crippen LogP contribution in [-0.4, -0.2) is 75.0 Å². The fourth-order valence-electron chi connectivity index (χ4n) is 3.76. The van der Waals surface area contributed by atoms with E-state index < -0.39 is 35.8 Å². The molecule has 2 N–H and O–H groups in total. The van der Waals surface area contributed by atoms with Crippen LogP contribution in [0.4, 0.5) is 0 Å². The van der Waals surface area contributed by atoms with Crippen LogP contribution in [0.15, 0.2) is 0 Å². The number of sulfone groups is 2. The Balaban J connectivity index is 2.47. The summed E-state index contributed by atoms with van der Waals surface area (Å²) in [6.45, 7) is 0.757. The lowest BCUT2D eigenvalue weighted by Crippen LogP contribution is -2.66. The van der Waals surface area contributed by atoms with Crippen molar-refractivity contribution in [2.24, 2.45) is 5.73 Å². The van der Waals surface area contributed by atoms with Crippen molar-refractivity contribution in [1.82, 2.24) is 4.90 Å². The predicted octanol–water partition coefficient (Wildman–Crippen LogP) is -0.299. The van der Waals surface area contributed by atoms with Crippen molar-refractivity contribution in [1.29, 1.82) is 0 Å². The van der Waals surface area contributed by atoms with Crippen molar-refractivity contribution in [3.05, 3.63) is 0 Å². The normalized spacial score (nSPS) is 36.0. The molecule has 2 aliphatic rings. The van der Waals surface area contributed by atoms with Crippen LogP contribution >= 0.6 is 11.8 Å². The quantitative estimate of drug-likeness (QED) is 0.738. The zero-order valence-electron chi connectivity index (χ0n) is 12.5. The van der Waals surface area contributed by atoms with Gasteiger partial charge in [-0.3, -0.25) is 4.90 Å². The van der Waals surface area contributed by atoms with Gasteiger partial charge in [0.25, 0.3) is 0 Å². The molecule has 9 heteroatoms. The average Bonchev–Trinajstić information content (AvgIpc) is 2.82. The summed E-state index contributed by atoms with van der Waals surface area (Å²) in [4.78, 5) is 1.89. The van der Waals surface area contributed by atoms with Crippen LogP contribution in [0.5, 0.6) is 0 Å². The third-order valence-electron chi connectivity index (χ3n) is 4.70. The van der Waals surface area contributed by atoms with E-state index in [0.29, 0.717) is 25.1 Å². The minimum atomic E-state index is -3.27. The topological polar surface area (TPSA) is 97.5 Å². The molecule has 2 rings (SSSR count). The van der Waals surface area contributed by atoms with Crippen molar-refractivity contribution >= 4 is 31.4 Å². The lowest BCUT2D eigenvalue weighted by molar-refractivity contribution is 0.0972. The standard InChI is InChI=1S/C12H24N2O4S3/c1-20(15,16)10-4-3-5-12(10,9-13)14-6-7-19-8-11(14)21(2,17)18/h10-11H,3-9,13H2,1-2H3. The van der Waals surface area contributed by atoms with Crippen molar-refractivity contribution in [2.75, 3.05) is 37.1 Å². The first-order valence-electron chi connectivity index (χ1n) is 7.05. The minimum absolute atomic E-state index is 0.182. The van der Waals surface area contributed by atoms with Crippen molar-refractivity contribution in [3.8, 4) is 0 Å².